The number of nitrogens with zero attached hydrogens (tertiary/aromatic N) is 5. The number of hydrogen-bond donors (Lipinski definition) is 2. The first-order valence-corrected chi connectivity index (χ1v) is 12.9. The molecule has 9 heteroatoms. The van der Waals surface area contributed by atoms with Gasteiger partial charge in [0.1, 0.15) is 17.4 Å². The molecule has 9 nitrogen and oxygen atoms in total. The van der Waals surface area contributed by atoms with E-state index >= 15 is 0 Å². The molecule has 0 aliphatic carbocycles. The number of imidazole rings is 1. The van der Waals surface area contributed by atoms with E-state index in [2.05, 4.69) is 49.2 Å². The Labute approximate surface area is 228 Å². The third kappa shape index (κ3) is 6.10. The Kier molecular flexibility index (Phi) is 7.36. The Morgan fingerprint density at radius 3 is 2.51 bits per heavy atom. The molecule has 0 unspecified atom stereocenters. The van der Waals surface area contributed by atoms with Gasteiger partial charge in [-0.05, 0) is 62.4 Å². The largest absolute Gasteiger partial charge is 0.495 e. The predicted molar refractivity (Wildman–Crippen MR) is 153 cm³/mol. The van der Waals surface area contributed by atoms with E-state index in [0.717, 1.165) is 62.7 Å². The molecule has 0 aliphatic heterocycles. The van der Waals surface area contributed by atoms with Crippen LogP contribution in [0.3, 0.4) is 0 Å². The number of aryl methyl sites for hydroxylation is 2. The van der Waals surface area contributed by atoms with Gasteiger partial charge in [0.15, 0.2) is 5.79 Å². The van der Waals surface area contributed by atoms with E-state index in [0.29, 0.717) is 13.2 Å². The molecule has 0 spiro atoms. The van der Waals surface area contributed by atoms with Gasteiger partial charge in [0.05, 0.1) is 37.5 Å². The van der Waals surface area contributed by atoms with Crippen LogP contribution in [0.5, 0.6) is 5.75 Å². The van der Waals surface area contributed by atoms with Crippen LogP contribution in [-0.2, 0) is 18.3 Å². The number of aromatic nitrogens is 5. The third-order valence-corrected chi connectivity index (χ3v) is 6.66. The number of fused-ring (bicyclic) bond motifs is 1. The number of rotatable bonds is 10. The summed E-state index contributed by atoms with van der Waals surface area (Å²) in [7, 11) is 3.67. The van der Waals surface area contributed by atoms with Gasteiger partial charge in [0.2, 0.25) is 0 Å². The van der Waals surface area contributed by atoms with Crippen LogP contribution in [-0.4, -0.2) is 48.9 Å². The van der Waals surface area contributed by atoms with Crippen molar-refractivity contribution in [3.05, 3.63) is 73.1 Å². The third-order valence-electron chi connectivity index (χ3n) is 6.66. The van der Waals surface area contributed by atoms with Gasteiger partial charge < -0.3 is 24.5 Å². The monoisotopic (exact) mass is 526 g/mol. The quantitative estimate of drug-likeness (QED) is 0.178. The van der Waals surface area contributed by atoms with Crippen LogP contribution >= 0.6 is 0 Å². The van der Waals surface area contributed by atoms with Gasteiger partial charge in [-0.25, -0.2) is 9.97 Å². The van der Waals surface area contributed by atoms with Gasteiger partial charge in [-0.2, -0.15) is 5.10 Å². The van der Waals surface area contributed by atoms with E-state index in [4.69, 9.17) is 9.47 Å². The maximum absolute atomic E-state index is 9.68. The summed E-state index contributed by atoms with van der Waals surface area (Å²) in [6.45, 7) is 6.42. The molecule has 5 aromatic rings. The van der Waals surface area contributed by atoms with Gasteiger partial charge in [-0.3, -0.25) is 4.68 Å². The number of nitrogens with one attached hydrogen (secondary N) is 1. The van der Waals surface area contributed by atoms with Crippen LogP contribution in [0.25, 0.3) is 33.2 Å². The highest BCUT2D eigenvalue weighted by atomic mass is 16.6. The zero-order chi connectivity index (χ0) is 27.6. The fourth-order valence-electron chi connectivity index (χ4n) is 4.43. The Morgan fingerprint density at radius 1 is 0.949 bits per heavy atom. The molecule has 202 valence electrons. The molecule has 39 heavy (non-hydrogen) atoms. The van der Waals surface area contributed by atoms with E-state index in [1.54, 1.807) is 21.0 Å². The predicted octanol–water partition coefficient (Wildman–Crippen LogP) is 5.69. The fraction of sp³-hybridized carbons (Fsp3) is 0.300. The maximum Gasteiger partial charge on any atom is 0.159 e. The van der Waals surface area contributed by atoms with E-state index in [1.807, 2.05) is 61.6 Å². The molecular weight excluding hydrogens is 492 g/mol. The number of methoxy groups -OCH3 is 1. The van der Waals surface area contributed by atoms with E-state index in [-0.39, 0.29) is 0 Å². The van der Waals surface area contributed by atoms with Crippen LogP contribution in [0.4, 0.5) is 11.5 Å². The minimum Gasteiger partial charge on any atom is -0.495 e. The SMILES string of the molecule is COc1cc(-c2cnc(C)n2C)ccc1Nc1cc2cc(-c3cnn(CCCOC(C)(C)O)c3)ccc2cn1. The lowest BCUT2D eigenvalue weighted by atomic mass is 10.0. The molecule has 0 radical (unpaired) electrons. The molecule has 0 bridgehead atoms. The summed E-state index contributed by atoms with van der Waals surface area (Å²) in [4.78, 5) is 9.01. The number of pyridine rings is 1. The minimum atomic E-state index is -1.11. The Bertz CT molecular complexity index is 1600. The van der Waals surface area contributed by atoms with Crippen molar-refractivity contribution in [1.29, 1.82) is 0 Å². The highest BCUT2D eigenvalue weighted by molar-refractivity contribution is 5.89. The van der Waals surface area contributed by atoms with Crippen molar-refractivity contribution in [3.8, 4) is 28.1 Å². The average Bonchev–Trinajstić information content (AvgIpc) is 3.52. The van der Waals surface area contributed by atoms with E-state index in [1.165, 1.54) is 0 Å². The van der Waals surface area contributed by atoms with Crippen LogP contribution in [0, 0.1) is 6.92 Å². The van der Waals surface area contributed by atoms with Crippen molar-refractivity contribution in [2.24, 2.45) is 7.05 Å². The van der Waals surface area contributed by atoms with Gasteiger partial charge >= 0.3 is 0 Å². The molecule has 0 atom stereocenters. The lowest BCUT2D eigenvalue weighted by Gasteiger charge is -2.17. The van der Waals surface area contributed by atoms with Crippen molar-refractivity contribution in [3.63, 3.8) is 0 Å². The van der Waals surface area contributed by atoms with Crippen LogP contribution in [0.2, 0.25) is 0 Å². The molecule has 0 amide bonds. The number of benzene rings is 2. The molecular formula is C30H34N6O3. The molecule has 0 aliphatic rings. The molecule has 5 rings (SSSR count). The molecule has 3 heterocycles. The van der Waals surface area contributed by atoms with Gasteiger partial charge in [0, 0.05) is 42.5 Å². The number of aliphatic hydroxyl groups is 1. The lowest BCUT2D eigenvalue weighted by Crippen LogP contribution is -2.24. The van der Waals surface area contributed by atoms with Crippen LogP contribution < -0.4 is 10.1 Å². The first-order chi connectivity index (χ1) is 18.7. The summed E-state index contributed by atoms with van der Waals surface area (Å²) in [6.07, 6.45) is 8.40. The van der Waals surface area contributed by atoms with Crippen molar-refractivity contribution in [1.82, 2.24) is 24.3 Å². The Hall–Kier alpha value is -4.21. The van der Waals surface area contributed by atoms with Crippen molar-refractivity contribution < 1.29 is 14.6 Å². The number of hydrogen-bond acceptors (Lipinski definition) is 7. The van der Waals surface area contributed by atoms with Crippen LogP contribution in [0.1, 0.15) is 26.1 Å². The molecule has 0 saturated heterocycles. The highest BCUT2D eigenvalue weighted by Gasteiger charge is 2.13. The Balaban J connectivity index is 1.33. The summed E-state index contributed by atoms with van der Waals surface area (Å²) >= 11 is 0. The van der Waals surface area contributed by atoms with Crippen LogP contribution in [0.15, 0.2) is 67.3 Å². The van der Waals surface area contributed by atoms with E-state index in [9.17, 15) is 5.11 Å². The first-order valence-electron chi connectivity index (χ1n) is 12.9. The molecule has 2 N–H and O–H groups in total. The molecule has 2 aromatic carbocycles. The summed E-state index contributed by atoms with van der Waals surface area (Å²) in [5.74, 6) is 1.29. The summed E-state index contributed by atoms with van der Waals surface area (Å²) in [5, 5.41) is 19.7. The summed E-state index contributed by atoms with van der Waals surface area (Å²) < 4.78 is 15.0. The topological polar surface area (TPSA) is 99.2 Å². The highest BCUT2D eigenvalue weighted by Crippen LogP contribution is 2.33. The second-order valence-corrected chi connectivity index (χ2v) is 10.1. The second-order valence-electron chi connectivity index (χ2n) is 10.1. The maximum atomic E-state index is 9.68. The van der Waals surface area contributed by atoms with Crippen molar-refractivity contribution in [2.75, 3.05) is 19.0 Å². The molecule has 0 saturated carbocycles. The van der Waals surface area contributed by atoms with Crippen molar-refractivity contribution >= 4 is 22.3 Å². The lowest BCUT2D eigenvalue weighted by molar-refractivity contribution is -0.176. The van der Waals surface area contributed by atoms with Gasteiger partial charge in [-0.1, -0.05) is 18.2 Å². The zero-order valence-corrected chi connectivity index (χ0v) is 23.0. The number of anilines is 2. The smallest absolute Gasteiger partial charge is 0.159 e. The molecule has 0 fully saturated rings. The zero-order valence-electron chi connectivity index (χ0n) is 23.0. The standard InChI is InChI=1S/C30H34N6O3/c1-20-31-18-27(35(20)4)22-9-10-26(28(14-22)38-5)34-29-15-24-13-21(7-8-23(24)16-32-29)25-17-33-36(19-25)11-6-12-39-30(2,3)37/h7-10,13-19,37H,6,11-12H2,1-5H3,(H,32,34). The van der Waals surface area contributed by atoms with Crippen molar-refractivity contribution in [2.45, 2.75) is 39.5 Å². The number of ether oxygens (including phenoxy) is 2. The van der Waals surface area contributed by atoms with Gasteiger partial charge in [-0.15, -0.1) is 0 Å². The average molecular weight is 527 g/mol. The normalized spacial score (nSPS) is 11.7. The minimum absolute atomic E-state index is 0.466. The first kappa shape index (κ1) is 26.4. The van der Waals surface area contributed by atoms with Gasteiger partial charge in [0.25, 0.3) is 0 Å². The second kappa shape index (κ2) is 10.9. The molecule has 3 aromatic heterocycles. The summed E-state index contributed by atoms with van der Waals surface area (Å²) in [6, 6.07) is 14.4. The fourth-order valence-corrected chi connectivity index (χ4v) is 4.43. The van der Waals surface area contributed by atoms with E-state index < -0.39 is 5.79 Å². The Morgan fingerprint density at radius 2 is 1.77 bits per heavy atom. The summed E-state index contributed by atoms with van der Waals surface area (Å²) in [5.41, 5.74) is 5.00.